The Labute approximate surface area is 115 Å². The van der Waals surface area contributed by atoms with Crippen LogP contribution in [0.1, 0.15) is 5.56 Å². The Morgan fingerprint density at radius 2 is 2.00 bits per heavy atom. The van der Waals surface area contributed by atoms with Gasteiger partial charge in [-0.2, -0.15) is 4.98 Å². The predicted octanol–water partition coefficient (Wildman–Crippen LogP) is 3.68. The van der Waals surface area contributed by atoms with Gasteiger partial charge in [-0.05, 0) is 56.5 Å². The number of anilines is 1. The Bertz CT molecular complexity index is 560. The second kappa shape index (κ2) is 5.01. The van der Waals surface area contributed by atoms with Crippen LogP contribution in [-0.2, 0) is 0 Å². The van der Waals surface area contributed by atoms with E-state index in [0.717, 1.165) is 10.0 Å². The minimum Gasteiger partial charge on any atom is -0.437 e. The van der Waals surface area contributed by atoms with Crippen LogP contribution in [0.4, 0.5) is 5.95 Å². The number of benzene rings is 1. The van der Waals surface area contributed by atoms with Crippen LogP contribution in [0.5, 0.6) is 11.6 Å². The molecule has 2 rings (SSSR count). The third-order valence-corrected chi connectivity index (χ3v) is 3.19. The summed E-state index contributed by atoms with van der Waals surface area (Å²) in [6.07, 6.45) is 1.56. The molecule has 0 aliphatic heterocycles. The molecule has 4 nitrogen and oxygen atoms in total. The van der Waals surface area contributed by atoms with Crippen LogP contribution in [-0.4, -0.2) is 9.97 Å². The van der Waals surface area contributed by atoms with Gasteiger partial charge in [0.05, 0.1) is 15.1 Å². The van der Waals surface area contributed by atoms with Crippen molar-refractivity contribution >= 4 is 37.8 Å². The van der Waals surface area contributed by atoms with E-state index in [1.807, 2.05) is 25.1 Å². The van der Waals surface area contributed by atoms with Crippen molar-refractivity contribution in [1.82, 2.24) is 9.97 Å². The van der Waals surface area contributed by atoms with Gasteiger partial charge >= 0.3 is 0 Å². The molecule has 2 N–H and O–H groups in total. The zero-order valence-corrected chi connectivity index (χ0v) is 12.1. The van der Waals surface area contributed by atoms with Gasteiger partial charge in [-0.1, -0.05) is 6.07 Å². The van der Waals surface area contributed by atoms with Crippen molar-refractivity contribution in [2.24, 2.45) is 0 Å². The minimum absolute atomic E-state index is 0.173. The topological polar surface area (TPSA) is 61.0 Å². The summed E-state index contributed by atoms with van der Waals surface area (Å²) in [7, 11) is 0. The summed E-state index contributed by atoms with van der Waals surface area (Å²) >= 11 is 6.74. The van der Waals surface area contributed by atoms with E-state index in [2.05, 4.69) is 41.8 Å². The van der Waals surface area contributed by atoms with Gasteiger partial charge in [-0.3, -0.25) is 0 Å². The number of hydrogen-bond donors (Lipinski definition) is 1. The van der Waals surface area contributed by atoms with Crippen molar-refractivity contribution in [1.29, 1.82) is 0 Å². The van der Waals surface area contributed by atoms with E-state index in [4.69, 9.17) is 10.5 Å². The zero-order valence-electron chi connectivity index (χ0n) is 8.95. The molecule has 6 heteroatoms. The molecule has 17 heavy (non-hydrogen) atoms. The van der Waals surface area contributed by atoms with E-state index in [0.29, 0.717) is 16.1 Å². The monoisotopic (exact) mass is 357 g/mol. The van der Waals surface area contributed by atoms with Gasteiger partial charge in [-0.15, -0.1) is 0 Å². The molecule has 0 amide bonds. The SMILES string of the molecule is Cc1ccc(Oc2nc(N)ncc2Br)c(Br)c1. The van der Waals surface area contributed by atoms with Gasteiger partial charge in [-0.25, -0.2) is 4.98 Å². The lowest BCUT2D eigenvalue weighted by Gasteiger charge is -2.08. The number of halogens is 2. The molecule has 0 spiro atoms. The lowest BCUT2D eigenvalue weighted by atomic mass is 10.2. The summed E-state index contributed by atoms with van der Waals surface area (Å²) in [5.41, 5.74) is 6.65. The summed E-state index contributed by atoms with van der Waals surface area (Å²) in [5.74, 6) is 1.24. The third-order valence-electron chi connectivity index (χ3n) is 2.02. The van der Waals surface area contributed by atoms with Crippen LogP contribution in [0.15, 0.2) is 33.3 Å². The fraction of sp³-hybridized carbons (Fsp3) is 0.0909. The largest absolute Gasteiger partial charge is 0.437 e. The van der Waals surface area contributed by atoms with Gasteiger partial charge in [0.25, 0.3) is 0 Å². The van der Waals surface area contributed by atoms with Gasteiger partial charge in [0.15, 0.2) is 0 Å². The summed E-state index contributed by atoms with van der Waals surface area (Å²) in [4.78, 5) is 7.85. The molecular formula is C11H9Br2N3O. The Hall–Kier alpha value is -1.14. The average Bonchev–Trinajstić information content (AvgIpc) is 2.27. The molecule has 2 aromatic rings. The van der Waals surface area contributed by atoms with Crippen molar-refractivity contribution in [3.8, 4) is 11.6 Å². The van der Waals surface area contributed by atoms with Crippen LogP contribution in [0.3, 0.4) is 0 Å². The summed E-state index contributed by atoms with van der Waals surface area (Å²) < 4.78 is 7.17. The molecule has 0 unspecified atom stereocenters. The van der Waals surface area contributed by atoms with Gasteiger partial charge in [0.2, 0.25) is 11.8 Å². The molecule has 1 heterocycles. The first-order valence-electron chi connectivity index (χ1n) is 4.78. The highest BCUT2D eigenvalue weighted by molar-refractivity contribution is 9.11. The van der Waals surface area contributed by atoms with E-state index >= 15 is 0 Å². The number of aryl methyl sites for hydroxylation is 1. The van der Waals surface area contributed by atoms with Gasteiger partial charge in [0.1, 0.15) is 5.75 Å². The van der Waals surface area contributed by atoms with E-state index in [1.165, 1.54) is 0 Å². The normalized spacial score (nSPS) is 10.3. The lowest BCUT2D eigenvalue weighted by Crippen LogP contribution is -1.97. The Morgan fingerprint density at radius 1 is 1.24 bits per heavy atom. The number of rotatable bonds is 2. The fourth-order valence-electron chi connectivity index (χ4n) is 1.23. The molecule has 0 aliphatic rings. The number of aromatic nitrogens is 2. The van der Waals surface area contributed by atoms with Crippen LogP contribution in [0.25, 0.3) is 0 Å². The third kappa shape index (κ3) is 2.95. The van der Waals surface area contributed by atoms with Crippen LogP contribution >= 0.6 is 31.9 Å². The smallest absolute Gasteiger partial charge is 0.238 e. The quantitative estimate of drug-likeness (QED) is 0.889. The number of nitrogens with two attached hydrogens (primary N) is 1. The van der Waals surface area contributed by atoms with Crippen LogP contribution < -0.4 is 10.5 Å². The Kier molecular flexibility index (Phi) is 3.63. The van der Waals surface area contributed by atoms with Gasteiger partial charge in [0, 0.05) is 0 Å². The average molecular weight is 359 g/mol. The fourth-order valence-corrected chi connectivity index (χ4v) is 2.07. The lowest BCUT2D eigenvalue weighted by molar-refractivity contribution is 0.456. The van der Waals surface area contributed by atoms with E-state index in [9.17, 15) is 0 Å². The molecule has 0 saturated heterocycles. The number of nitrogens with zero attached hydrogens (tertiary/aromatic N) is 2. The Morgan fingerprint density at radius 3 is 2.71 bits per heavy atom. The molecule has 0 atom stereocenters. The van der Waals surface area contributed by atoms with Gasteiger partial charge < -0.3 is 10.5 Å². The molecule has 0 bridgehead atoms. The maximum absolute atomic E-state index is 5.65. The van der Waals surface area contributed by atoms with E-state index < -0.39 is 0 Å². The first-order valence-corrected chi connectivity index (χ1v) is 6.37. The molecular weight excluding hydrogens is 350 g/mol. The van der Waals surface area contributed by atoms with Crippen molar-refractivity contribution in [3.05, 3.63) is 38.9 Å². The molecule has 0 aliphatic carbocycles. The van der Waals surface area contributed by atoms with Crippen molar-refractivity contribution < 1.29 is 4.74 Å². The summed E-state index contributed by atoms with van der Waals surface area (Å²) in [5, 5.41) is 0. The second-order valence-electron chi connectivity index (χ2n) is 3.42. The number of hydrogen-bond acceptors (Lipinski definition) is 4. The Balaban J connectivity index is 2.34. The minimum atomic E-state index is 0.173. The van der Waals surface area contributed by atoms with Crippen LogP contribution in [0, 0.1) is 6.92 Å². The predicted molar refractivity (Wildman–Crippen MR) is 73.1 cm³/mol. The molecule has 88 valence electrons. The highest BCUT2D eigenvalue weighted by atomic mass is 79.9. The first-order chi connectivity index (χ1) is 8.06. The highest BCUT2D eigenvalue weighted by Crippen LogP contribution is 2.32. The maximum atomic E-state index is 5.65. The van der Waals surface area contributed by atoms with Crippen molar-refractivity contribution in [2.45, 2.75) is 6.92 Å². The molecule has 0 radical (unpaired) electrons. The molecule has 0 fully saturated rings. The summed E-state index contributed by atoms with van der Waals surface area (Å²) in [6, 6.07) is 5.79. The van der Waals surface area contributed by atoms with E-state index in [1.54, 1.807) is 6.20 Å². The number of nitrogen functional groups attached to an aromatic ring is 1. The maximum Gasteiger partial charge on any atom is 0.238 e. The van der Waals surface area contributed by atoms with Crippen LogP contribution in [0.2, 0.25) is 0 Å². The highest BCUT2D eigenvalue weighted by Gasteiger charge is 2.08. The molecule has 0 saturated carbocycles. The van der Waals surface area contributed by atoms with Crippen molar-refractivity contribution in [3.63, 3.8) is 0 Å². The molecule has 1 aromatic carbocycles. The second-order valence-corrected chi connectivity index (χ2v) is 5.13. The standard InChI is InChI=1S/C11H9Br2N3O/c1-6-2-3-9(7(12)4-6)17-10-8(13)5-15-11(14)16-10/h2-5H,1H3,(H2,14,15,16). The zero-order chi connectivity index (χ0) is 12.4. The summed E-state index contributed by atoms with van der Waals surface area (Å²) in [6.45, 7) is 2.01. The molecule has 1 aromatic heterocycles. The number of ether oxygens (including phenoxy) is 1. The van der Waals surface area contributed by atoms with Crippen molar-refractivity contribution in [2.75, 3.05) is 5.73 Å². The first kappa shape index (κ1) is 12.3. The van der Waals surface area contributed by atoms with E-state index in [-0.39, 0.29) is 5.95 Å².